The minimum Gasteiger partial charge on any atom is -0.341 e. The topological polar surface area (TPSA) is 55.2 Å². The zero-order valence-electron chi connectivity index (χ0n) is 8.43. The van der Waals surface area contributed by atoms with Gasteiger partial charge in [-0.15, -0.1) is 0 Å². The molecule has 1 fully saturated rings. The minimum absolute atomic E-state index is 0.00241. The average molecular weight is 207 g/mol. The Bertz CT molecular complexity index is 407. The summed E-state index contributed by atoms with van der Waals surface area (Å²) in [6, 6.07) is 1.36. The Labute approximate surface area is 87.3 Å². The molecule has 0 saturated carbocycles. The molecule has 1 aliphatic heterocycles. The van der Waals surface area contributed by atoms with E-state index in [-0.39, 0.29) is 18.0 Å². The zero-order chi connectivity index (χ0) is 10.7. The molecule has 0 N–H and O–H groups in total. The van der Waals surface area contributed by atoms with Crippen molar-refractivity contribution in [2.45, 2.75) is 19.4 Å². The molecular weight excluding hydrogens is 194 g/mol. The largest absolute Gasteiger partial charge is 0.341 e. The highest BCUT2D eigenvalue weighted by Gasteiger charge is 2.17. The van der Waals surface area contributed by atoms with Crippen LogP contribution in [0.1, 0.15) is 12.8 Å². The number of nitrogens with zero attached hydrogens (tertiary/aromatic N) is 3. The van der Waals surface area contributed by atoms with Crippen LogP contribution in [0, 0.1) is 0 Å². The molecule has 80 valence electrons. The van der Waals surface area contributed by atoms with Gasteiger partial charge in [0.25, 0.3) is 5.56 Å². The maximum atomic E-state index is 11.7. The molecule has 0 atom stereocenters. The standard InChI is InChI=1S/C10H13N3O2/c14-9-3-4-11-8-13(9)7-10(15)12-5-1-2-6-12/h3-4,8H,1-2,5-7H2. The molecule has 0 aromatic carbocycles. The molecule has 0 bridgehead atoms. The Morgan fingerprint density at radius 3 is 2.80 bits per heavy atom. The Kier molecular flexibility index (Phi) is 2.80. The number of rotatable bonds is 2. The van der Waals surface area contributed by atoms with Crippen LogP contribution in [0.2, 0.25) is 0 Å². The van der Waals surface area contributed by atoms with Gasteiger partial charge in [0.15, 0.2) is 0 Å². The molecule has 0 radical (unpaired) electrons. The normalized spacial score (nSPS) is 15.6. The van der Waals surface area contributed by atoms with E-state index in [0.29, 0.717) is 0 Å². The molecule has 1 aliphatic rings. The summed E-state index contributed by atoms with van der Waals surface area (Å²) in [5.41, 5.74) is -0.183. The van der Waals surface area contributed by atoms with E-state index in [1.54, 1.807) is 4.90 Å². The lowest BCUT2D eigenvalue weighted by Gasteiger charge is -2.15. The highest BCUT2D eigenvalue weighted by atomic mass is 16.2. The summed E-state index contributed by atoms with van der Waals surface area (Å²) in [4.78, 5) is 28.6. The van der Waals surface area contributed by atoms with Crippen molar-refractivity contribution in [1.29, 1.82) is 0 Å². The van der Waals surface area contributed by atoms with Crippen LogP contribution in [0.25, 0.3) is 0 Å². The van der Waals surface area contributed by atoms with Crippen LogP contribution < -0.4 is 5.56 Å². The Morgan fingerprint density at radius 1 is 1.40 bits per heavy atom. The molecule has 0 aliphatic carbocycles. The quantitative estimate of drug-likeness (QED) is 0.678. The van der Waals surface area contributed by atoms with E-state index in [0.717, 1.165) is 25.9 Å². The van der Waals surface area contributed by atoms with Crippen molar-refractivity contribution in [3.05, 3.63) is 28.9 Å². The van der Waals surface area contributed by atoms with Gasteiger partial charge < -0.3 is 4.90 Å². The van der Waals surface area contributed by atoms with Crippen LogP contribution in [0.5, 0.6) is 0 Å². The molecule has 2 rings (SSSR count). The van der Waals surface area contributed by atoms with Gasteiger partial charge in [0, 0.05) is 25.4 Å². The van der Waals surface area contributed by atoms with E-state index >= 15 is 0 Å². The number of carbonyl (C=O) groups is 1. The number of likely N-dealkylation sites (tertiary alicyclic amines) is 1. The van der Waals surface area contributed by atoms with Crippen molar-refractivity contribution in [3.63, 3.8) is 0 Å². The molecule has 15 heavy (non-hydrogen) atoms. The second kappa shape index (κ2) is 4.25. The number of amides is 1. The van der Waals surface area contributed by atoms with Crippen LogP contribution >= 0.6 is 0 Å². The smallest absolute Gasteiger partial charge is 0.253 e. The first-order chi connectivity index (χ1) is 7.27. The van der Waals surface area contributed by atoms with E-state index in [1.807, 2.05) is 0 Å². The summed E-state index contributed by atoms with van der Waals surface area (Å²) in [5.74, 6) is 0.00241. The van der Waals surface area contributed by atoms with E-state index < -0.39 is 0 Å². The fourth-order valence-electron chi connectivity index (χ4n) is 1.71. The lowest BCUT2D eigenvalue weighted by molar-refractivity contribution is -0.130. The molecule has 2 heterocycles. The van der Waals surface area contributed by atoms with Crippen LogP contribution in [0.3, 0.4) is 0 Å². The number of aromatic nitrogens is 2. The molecule has 0 unspecified atom stereocenters. The molecule has 1 aromatic heterocycles. The molecule has 5 nitrogen and oxygen atoms in total. The minimum atomic E-state index is -0.183. The third kappa shape index (κ3) is 2.23. The van der Waals surface area contributed by atoms with Gasteiger partial charge >= 0.3 is 0 Å². The molecule has 5 heteroatoms. The van der Waals surface area contributed by atoms with Gasteiger partial charge in [-0.3, -0.25) is 14.2 Å². The maximum absolute atomic E-state index is 11.7. The summed E-state index contributed by atoms with van der Waals surface area (Å²) in [7, 11) is 0. The second-order valence-electron chi connectivity index (χ2n) is 3.63. The predicted molar refractivity (Wildman–Crippen MR) is 54.3 cm³/mol. The van der Waals surface area contributed by atoms with Crippen LogP contribution in [-0.4, -0.2) is 33.4 Å². The zero-order valence-corrected chi connectivity index (χ0v) is 8.43. The maximum Gasteiger partial charge on any atom is 0.253 e. The van der Waals surface area contributed by atoms with Crippen LogP contribution in [0.15, 0.2) is 23.4 Å². The van der Waals surface area contributed by atoms with Crippen molar-refractivity contribution in [1.82, 2.24) is 14.5 Å². The van der Waals surface area contributed by atoms with Crippen molar-refractivity contribution < 1.29 is 4.79 Å². The van der Waals surface area contributed by atoms with E-state index in [1.165, 1.54) is 23.2 Å². The highest BCUT2D eigenvalue weighted by Crippen LogP contribution is 2.07. The summed E-state index contributed by atoms with van der Waals surface area (Å²) >= 11 is 0. The SMILES string of the molecule is O=C(Cn1cnccc1=O)N1CCCC1. The summed E-state index contributed by atoms with van der Waals surface area (Å²) in [5, 5.41) is 0. The van der Waals surface area contributed by atoms with E-state index in [9.17, 15) is 9.59 Å². The molecule has 0 spiro atoms. The summed E-state index contributed by atoms with van der Waals surface area (Å²) in [6.07, 6.45) is 4.96. The first-order valence-corrected chi connectivity index (χ1v) is 5.05. The van der Waals surface area contributed by atoms with Gasteiger partial charge in [-0.1, -0.05) is 0 Å². The second-order valence-corrected chi connectivity index (χ2v) is 3.63. The summed E-state index contributed by atoms with van der Waals surface area (Å²) < 4.78 is 1.33. The average Bonchev–Trinajstić information content (AvgIpc) is 2.74. The van der Waals surface area contributed by atoms with E-state index in [4.69, 9.17) is 0 Å². The highest BCUT2D eigenvalue weighted by molar-refractivity contribution is 5.76. The van der Waals surface area contributed by atoms with Gasteiger partial charge in [-0.25, -0.2) is 4.98 Å². The first-order valence-electron chi connectivity index (χ1n) is 5.05. The van der Waals surface area contributed by atoms with Gasteiger partial charge in [-0.05, 0) is 12.8 Å². The Morgan fingerprint density at radius 2 is 2.13 bits per heavy atom. The third-order valence-corrected chi connectivity index (χ3v) is 2.56. The first kappa shape index (κ1) is 9.89. The van der Waals surface area contributed by atoms with Gasteiger partial charge in [0.2, 0.25) is 5.91 Å². The molecule has 1 amide bonds. The van der Waals surface area contributed by atoms with Crippen molar-refractivity contribution >= 4 is 5.91 Å². The Balaban J connectivity index is 2.05. The molecular formula is C10H13N3O2. The van der Waals surface area contributed by atoms with Crippen molar-refractivity contribution in [2.24, 2.45) is 0 Å². The third-order valence-electron chi connectivity index (χ3n) is 2.56. The Hall–Kier alpha value is -1.65. The molecule has 1 saturated heterocycles. The predicted octanol–water partition coefficient (Wildman–Crippen LogP) is -0.134. The summed E-state index contributed by atoms with van der Waals surface area (Å²) in [6.45, 7) is 1.73. The lowest BCUT2D eigenvalue weighted by Crippen LogP contribution is -2.34. The van der Waals surface area contributed by atoms with Crippen LogP contribution in [-0.2, 0) is 11.3 Å². The number of hydrogen-bond acceptors (Lipinski definition) is 3. The fourth-order valence-corrected chi connectivity index (χ4v) is 1.71. The molecule has 1 aromatic rings. The number of hydrogen-bond donors (Lipinski definition) is 0. The monoisotopic (exact) mass is 207 g/mol. The van der Waals surface area contributed by atoms with Crippen molar-refractivity contribution in [3.8, 4) is 0 Å². The van der Waals surface area contributed by atoms with Gasteiger partial charge in [0.1, 0.15) is 6.54 Å². The van der Waals surface area contributed by atoms with Crippen LogP contribution in [0.4, 0.5) is 0 Å². The fraction of sp³-hybridized carbons (Fsp3) is 0.500. The van der Waals surface area contributed by atoms with Gasteiger partial charge in [0.05, 0.1) is 6.33 Å². The van der Waals surface area contributed by atoms with Gasteiger partial charge in [-0.2, -0.15) is 0 Å². The van der Waals surface area contributed by atoms with Crippen molar-refractivity contribution in [2.75, 3.05) is 13.1 Å². The number of carbonyl (C=O) groups excluding carboxylic acids is 1. The lowest BCUT2D eigenvalue weighted by atomic mass is 10.4. The van der Waals surface area contributed by atoms with E-state index in [2.05, 4.69) is 4.98 Å².